The van der Waals surface area contributed by atoms with Crippen LogP contribution in [-0.4, -0.2) is 38.2 Å². The number of aliphatic hydroxyl groups excluding tert-OH is 1. The standard InChI is InChI=1S/C13H20N2O5S/c1-3-15(8-4-5-9-16)14-11-6-7-12-13(10(11)2)20-21(17,18)19-12/h6-7,14,16H,3-5,8-9H2,1-2H3. The molecular weight excluding hydrogens is 296 g/mol. The summed E-state index contributed by atoms with van der Waals surface area (Å²) in [5.41, 5.74) is 4.67. The van der Waals surface area contributed by atoms with Gasteiger partial charge in [-0.05, 0) is 31.9 Å². The second-order valence-electron chi connectivity index (χ2n) is 4.76. The summed E-state index contributed by atoms with van der Waals surface area (Å²) in [6, 6.07) is 3.32. The smallest absolute Gasteiger partial charge is 0.396 e. The molecule has 0 aliphatic carbocycles. The van der Waals surface area contributed by atoms with Crippen molar-refractivity contribution in [3.05, 3.63) is 17.7 Å². The van der Waals surface area contributed by atoms with E-state index in [1.807, 2.05) is 11.9 Å². The highest BCUT2D eigenvalue weighted by Gasteiger charge is 2.31. The topological polar surface area (TPSA) is 88.1 Å². The highest BCUT2D eigenvalue weighted by Crippen LogP contribution is 2.41. The number of aliphatic hydroxyl groups is 1. The molecule has 1 aromatic carbocycles. The van der Waals surface area contributed by atoms with Crippen molar-refractivity contribution < 1.29 is 21.9 Å². The van der Waals surface area contributed by atoms with E-state index >= 15 is 0 Å². The number of unbranched alkanes of at least 4 members (excludes halogenated alkanes) is 1. The van der Waals surface area contributed by atoms with E-state index in [0.29, 0.717) is 5.56 Å². The summed E-state index contributed by atoms with van der Waals surface area (Å²) in [6.45, 7) is 5.52. The van der Waals surface area contributed by atoms with E-state index in [4.69, 9.17) is 13.5 Å². The number of nitrogens with one attached hydrogen (secondary N) is 1. The van der Waals surface area contributed by atoms with E-state index in [9.17, 15) is 8.42 Å². The van der Waals surface area contributed by atoms with E-state index in [0.717, 1.165) is 31.6 Å². The zero-order valence-corrected chi connectivity index (χ0v) is 12.9. The average molecular weight is 316 g/mol. The SMILES string of the molecule is CCN(CCCCO)Nc1ccc2c(c1C)OS(=O)(=O)O2. The van der Waals surface area contributed by atoms with E-state index in [2.05, 4.69) is 5.43 Å². The first-order valence-electron chi connectivity index (χ1n) is 6.86. The Morgan fingerprint density at radius 1 is 1.29 bits per heavy atom. The third-order valence-electron chi connectivity index (χ3n) is 3.24. The summed E-state index contributed by atoms with van der Waals surface area (Å²) in [5.74, 6) is 0.438. The summed E-state index contributed by atoms with van der Waals surface area (Å²) in [4.78, 5) is 0. The van der Waals surface area contributed by atoms with Crippen molar-refractivity contribution in [2.45, 2.75) is 26.7 Å². The van der Waals surface area contributed by atoms with Crippen LogP contribution in [-0.2, 0) is 10.4 Å². The second-order valence-corrected chi connectivity index (χ2v) is 5.91. The van der Waals surface area contributed by atoms with Gasteiger partial charge in [-0.25, -0.2) is 5.01 Å². The van der Waals surface area contributed by atoms with Crippen LogP contribution >= 0.6 is 0 Å². The average Bonchev–Trinajstić information content (AvgIpc) is 2.76. The Labute approximate surface area is 124 Å². The Kier molecular flexibility index (Phi) is 4.92. The predicted molar refractivity (Wildman–Crippen MR) is 78.5 cm³/mol. The van der Waals surface area contributed by atoms with Gasteiger partial charge in [-0.1, -0.05) is 6.92 Å². The predicted octanol–water partition coefficient (Wildman–Crippen LogP) is 1.43. The molecule has 7 nitrogen and oxygen atoms in total. The summed E-state index contributed by atoms with van der Waals surface area (Å²) in [7, 11) is -3.97. The van der Waals surface area contributed by atoms with Crippen molar-refractivity contribution in [3.63, 3.8) is 0 Å². The van der Waals surface area contributed by atoms with E-state index in [-0.39, 0.29) is 18.1 Å². The van der Waals surface area contributed by atoms with Crippen molar-refractivity contribution in [3.8, 4) is 11.5 Å². The number of benzene rings is 1. The molecule has 2 rings (SSSR count). The maximum Gasteiger partial charge on any atom is 0.501 e. The van der Waals surface area contributed by atoms with Gasteiger partial charge in [0.05, 0.1) is 5.69 Å². The van der Waals surface area contributed by atoms with Crippen molar-refractivity contribution in [2.75, 3.05) is 25.1 Å². The Bertz CT molecular complexity index is 603. The van der Waals surface area contributed by atoms with Crippen LogP contribution in [0.3, 0.4) is 0 Å². The van der Waals surface area contributed by atoms with Crippen LogP contribution in [0.15, 0.2) is 12.1 Å². The first-order valence-corrected chi connectivity index (χ1v) is 8.20. The zero-order valence-electron chi connectivity index (χ0n) is 12.1. The van der Waals surface area contributed by atoms with Gasteiger partial charge in [-0.2, -0.15) is 0 Å². The molecule has 0 aromatic heterocycles. The van der Waals surface area contributed by atoms with Crippen LogP contribution in [0.1, 0.15) is 25.3 Å². The van der Waals surface area contributed by atoms with Gasteiger partial charge >= 0.3 is 10.4 Å². The van der Waals surface area contributed by atoms with Crippen LogP contribution in [0.4, 0.5) is 5.69 Å². The summed E-state index contributed by atoms with van der Waals surface area (Å²) < 4.78 is 32.2. The normalized spacial score (nSPS) is 15.4. The lowest BCUT2D eigenvalue weighted by Gasteiger charge is -2.23. The molecule has 0 unspecified atom stereocenters. The fourth-order valence-corrected chi connectivity index (χ4v) is 2.86. The Morgan fingerprint density at radius 2 is 2.05 bits per heavy atom. The Morgan fingerprint density at radius 3 is 2.71 bits per heavy atom. The third-order valence-corrected chi connectivity index (χ3v) is 4.00. The van der Waals surface area contributed by atoms with Crippen molar-refractivity contribution >= 4 is 16.1 Å². The maximum atomic E-state index is 11.3. The molecule has 1 heterocycles. The molecule has 0 spiro atoms. The van der Waals surface area contributed by atoms with Gasteiger partial charge in [-0.15, -0.1) is 8.42 Å². The fourth-order valence-electron chi connectivity index (χ4n) is 2.06. The number of hydrazine groups is 1. The zero-order chi connectivity index (χ0) is 15.5. The number of hydrogen-bond acceptors (Lipinski definition) is 7. The van der Waals surface area contributed by atoms with Crippen molar-refractivity contribution in [2.24, 2.45) is 0 Å². The lowest BCUT2D eigenvalue weighted by atomic mass is 10.1. The van der Waals surface area contributed by atoms with E-state index in [1.54, 1.807) is 19.1 Å². The molecular formula is C13H20N2O5S. The molecule has 0 bridgehead atoms. The molecule has 1 aliphatic heterocycles. The van der Waals surface area contributed by atoms with Gasteiger partial charge in [0.1, 0.15) is 0 Å². The molecule has 1 aromatic rings. The summed E-state index contributed by atoms with van der Waals surface area (Å²) in [6.07, 6.45) is 1.62. The highest BCUT2D eigenvalue weighted by molar-refractivity contribution is 7.82. The van der Waals surface area contributed by atoms with Crippen LogP contribution in [0, 0.1) is 6.92 Å². The monoisotopic (exact) mass is 316 g/mol. The van der Waals surface area contributed by atoms with Crippen LogP contribution in [0.2, 0.25) is 0 Å². The molecule has 0 radical (unpaired) electrons. The van der Waals surface area contributed by atoms with Crippen LogP contribution in [0.5, 0.6) is 11.5 Å². The number of nitrogens with zero attached hydrogens (tertiary/aromatic N) is 1. The molecule has 8 heteroatoms. The molecule has 0 saturated carbocycles. The molecule has 1 aliphatic rings. The van der Waals surface area contributed by atoms with E-state index < -0.39 is 10.4 Å². The third kappa shape index (κ3) is 3.78. The van der Waals surface area contributed by atoms with Crippen LogP contribution < -0.4 is 13.8 Å². The second kappa shape index (κ2) is 6.50. The number of hydrogen-bond donors (Lipinski definition) is 2. The number of fused-ring (bicyclic) bond motifs is 1. The quantitative estimate of drug-likeness (QED) is 0.581. The summed E-state index contributed by atoms with van der Waals surface area (Å²) >= 11 is 0. The van der Waals surface area contributed by atoms with Crippen molar-refractivity contribution in [1.82, 2.24) is 5.01 Å². The number of rotatable bonds is 7. The van der Waals surface area contributed by atoms with E-state index in [1.165, 1.54) is 0 Å². The van der Waals surface area contributed by atoms with Gasteiger partial charge in [0.15, 0.2) is 11.5 Å². The largest absolute Gasteiger partial charge is 0.501 e. The number of anilines is 1. The van der Waals surface area contributed by atoms with Crippen molar-refractivity contribution in [1.29, 1.82) is 0 Å². The molecule has 0 saturated heterocycles. The minimum Gasteiger partial charge on any atom is -0.396 e. The lowest BCUT2D eigenvalue weighted by Crippen LogP contribution is -2.31. The highest BCUT2D eigenvalue weighted by atomic mass is 32.3. The fraction of sp³-hybridized carbons (Fsp3) is 0.538. The maximum absolute atomic E-state index is 11.3. The minimum atomic E-state index is -3.97. The first kappa shape index (κ1) is 15.9. The summed E-state index contributed by atoms with van der Waals surface area (Å²) in [5, 5.41) is 10.8. The molecule has 2 N–H and O–H groups in total. The molecule has 0 atom stereocenters. The van der Waals surface area contributed by atoms with Gasteiger partial charge in [0.2, 0.25) is 0 Å². The molecule has 21 heavy (non-hydrogen) atoms. The molecule has 0 amide bonds. The first-order chi connectivity index (χ1) is 9.96. The lowest BCUT2D eigenvalue weighted by molar-refractivity contribution is 0.266. The minimum absolute atomic E-state index is 0.179. The van der Waals surface area contributed by atoms with Gasteiger partial charge in [0, 0.05) is 25.3 Å². The Hall–Kier alpha value is -1.51. The molecule has 0 fully saturated rings. The van der Waals surface area contributed by atoms with Crippen LogP contribution in [0.25, 0.3) is 0 Å². The molecule has 118 valence electrons. The van der Waals surface area contributed by atoms with Gasteiger partial charge in [-0.3, -0.25) is 0 Å². The Balaban J connectivity index is 2.11. The van der Waals surface area contributed by atoms with Gasteiger partial charge < -0.3 is 18.9 Å². The van der Waals surface area contributed by atoms with Gasteiger partial charge in [0.25, 0.3) is 0 Å².